The van der Waals surface area contributed by atoms with Gasteiger partial charge in [-0.2, -0.15) is 0 Å². The topological polar surface area (TPSA) is 50.4 Å². The third-order valence-corrected chi connectivity index (χ3v) is 3.19. The molecule has 1 saturated carbocycles. The molecule has 0 aromatic carbocycles. The van der Waals surface area contributed by atoms with E-state index in [1.165, 1.54) is 0 Å². The molecular weight excluding hydrogens is 216 g/mol. The van der Waals surface area contributed by atoms with Crippen molar-refractivity contribution in [1.82, 2.24) is 10.6 Å². The fourth-order valence-corrected chi connectivity index (χ4v) is 2.05. The summed E-state index contributed by atoms with van der Waals surface area (Å²) in [4.78, 5) is 11.7. The SMILES string of the molecule is C#C[C@H](NC(=O)N[C@H]1CC[C@H](OC)C1)C(C)C. The first kappa shape index (κ1) is 13.9. The van der Waals surface area contributed by atoms with Gasteiger partial charge in [-0.15, -0.1) is 6.42 Å². The number of terminal acetylenes is 1. The molecule has 0 aromatic heterocycles. The fraction of sp³-hybridized carbons (Fsp3) is 0.769. The molecule has 0 radical (unpaired) electrons. The van der Waals surface area contributed by atoms with E-state index in [-0.39, 0.29) is 30.1 Å². The van der Waals surface area contributed by atoms with Gasteiger partial charge >= 0.3 is 6.03 Å². The van der Waals surface area contributed by atoms with Crippen molar-refractivity contribution in [1.29, 1.82) is 0 Å². The molecule has 0 bridgehead atoms. The van der Waals surface area contributed by atoms with Gasteiger partial charge in [-0.1, -0.05) is 19.8 Å². The van der Waals surface area contributed by atoms with Crippen LogP contribution in [-0.2, 0) is 4.74 Å². The number of amides is 2. The third kappa shape index (κ3) is 4.27. The number of nitrogens with one attached hydrogen (secondary N) is 2. The number of hydrogen-bond acceptors (Lipinski definition) is 2. The highest BCUT2D eigenvalue weighted by Crippen LogP contribution is 2.21. The van der Waals surface area contributed by atoms with Gasteiger partial charge in [0.2, 0.25) is 0 Å². The molecule has 0 aliphatic heterocycles. The van der Waals surface area contributed by atoms with E-state index < -0.39 is 0 Å². The molecule has 0 heterocycles. The molecule has 0 unspecified atom stereocenters. The summed E-state index contributed by atoms with van der Waals surface area (Å²) in [5.74, 6) is 2.82. The number of carbonyl (C=O) groups is 1. The normalized spacial score (nSPS) is 25.4. The average Bonchev–Trinajstić information content (AvgIpc) is 2.73. The Balaban J connectivity index is 2.33. The van der Waals surface area contributed by atoms with Crippen LogP contribution in [0, 0.1) is 18.3 Å². The lowest BCUT2D eigenvalue weighted by atomic mass is 10.1. The van der Waals surface area contributed by atoms with Crippen molar-refractivity contribution in [2.45, 2.75) is 51.3 Å². The van der Waals surface area contributed by atoms with Gasteiger partial charge in [-0.05, 0) is 25.2 Å². The molecule has 1 fully saturated rings. The van der Waals surface area contributed by atoms with E-state index in [4.69, 9.17) is 11.2 Å². The first-order chi connectivity index (χ1) is 8.06. The molecular formula is C13H22N2O2. The van der Waals surface area contributed by atoms with Gasteiger partial charge in [-0.25, -0.2) is 4.79 Å². The van der Waals surface area contributed by atoms with Gasteiger partial charge in [0.15, 0.2) is 0 Å². The summed E-state index contributed by atoms with van der Waals surface area (Å²) in [6, 6.07) is -0.191. The highest BCUT2D eigenvalue weighted by atomic mass is 16.5. The predicted molar refractivity (Wildman–Crippen MR) is 67.6 cm³/mol. The van der Waals surface area contributed by atoms with Gasteiger partial charge in [0.1, 0.15) is 0 Å². The Morgan fingerprint density at radius 1 is 1.47 bits per heavy atom. The summed E-state index contributed by atoms with van der Waals surface area (Å²) in [5.41, 5.74) is 0. The maximum atomic E-state index is 11.7. The first-order valence-electron chi connectivity index (χ1n) is 6.12. The van der Waals surface area contributed by atoms with E-state index in [9.17, 15) is 4.79 Å². The number of carbonyl (C=O) groups excluding carboxylic acids is 1. The summed E-state index contributed by atoms with van der Waals surface area (Å²) in [7, 11) is 1.71. The fourth-order valence-electron chi connectivity index (χ4n) is 2.05. The smallest absolute Gasteiger partial charge is 0.315 e. The molecule has 4 heteroatoms. The van der Waals surface area contributed by atoms with Crippen LogP contribution in [0.2, 0.25) is 0 Å². The number of rotatable bonds is 4. The highest BCUT2D eigenvalue weighted by Gasteiger charge is 2.26. The summed E-state index contributed by atoms with van der Waals surface area (Å²) in [5, 5.41) is 5.74. The van der Waals surface area contributed by atoms with Gasteiger partial charge in [0.25, 0.3) is 0 Å². The maximum Gasteiger partial charge on any atom is 0.315 e. The van der Waals surface area contributed by atoms with Gasteiger partial charge in [0, 0.05) is 13.2 Å². The van der Waals surface area contributed by atoms with Crippen molar-refractivity contribution in [3.63, 3.8) is 0 Å². The molecule has 1 rings (SSSR count). The van der Waals surface area contributed by atoms with Crippen LogP contribution in [-0.4, -0.2) is 31.3 Å². The van der Waals surface area contributed by atoms with Crippen molar-refractivity contribution < 1.29 is 9.53 Å². The summed E-state index contributed by atoms with van der Waals surface area (Å²) >= 11 is 0. The van der Waals surface area contributed by atoms with Gasteiger partial charge < -0.3 is 15.4 Å². The van der Waals surface area contributed by atoms with Crippen LogP contribution in [0.25, 0.3) is 0 Å². The van der Waals surface area contributed by atoms with Crippen molar-refractivity contribution in [2.24, 2.45) is 5.92 Å². The van der Waals surface area contributed by atoms with Crippen LogP contribution < -0.4 is 10.6 Å². The standard InChI is InChI=1S/C13H22N2O2/c1-5-12(9(2)3)15-13(16)14-10-6-7-11(8-10)17-4/h1,9-12H,6-8H2,2-4H3,(H2,14,15,16)/t10-,11-,12-/m0/s1. The summed E-state index contributed by atoms with van der Waals surface area (Å²) in [6.07, 6.45) is 8.49. The summed E-state index contributed by atoms with van der Waals surface area (Å²) < 4.78 is 5.26. The molecule has 0 saturated heterocycles. The second-order valence-corrected chi connectivity index (χ2v) is 4.87. The van der Waals surface area contributed by atoms with Crippen molar-refractivity contribution in [2.75, 3.05) is 7.11 Å². The predicted octanol–water partition coefficient (Wildman–Crippen LogP) is 1.51. The van der Waals surface area contributed by atoms with Crippen molar-refractivity contribution in [3.05, 3.63) is 0 Å². The lowest BCUT2D eigenvalue weighted by molar-refractivity contribution is 0.107. The molecule has 17 heavy (non-hydrogen) atoms. The van der Waals surface area contributed by atoms with Crippen molar-refractivity contribution >= 4 is 6.03 Å². The third-order valence-electron chi connectivity index (χ3n) is 3.19. The Kier molecular flexibility index (Phi) is 5.30. The van der Waals surface area contributed by atoms with Crippen LogP contribution >= 0.6 is 0 Å². The molecule has 4 nitrogen and oxygen atoms in total. The molecule has 0 aromatic rings. The zero-order valence-electron chi connectivity index (χ0n) is 10.8. The Morgan fingerprint density at radius 2 is 2.18 bits per heavy atom. The lowest BCUT2D eigenvalue weighted by Gasteiger charge is -2.19. The second-order valence-electron chi connectivity index (χ2n) is 4.87. The summed E-state index contributed by atoms with van der Waals surface area (Å²) in [6.45, 7) is 3.97. The number of urea groups is 1. The lowest BCUT2D eigenvalue weighted by Crippen LogP contribution is -2.46. The Hall–Kier alpha value is -1.21. The van der Waals surface area contributed by atoms with Crippen LogP contribution in [0.15, 0.2) is 0 Å². The van der Waals surface area contributed by atoms with Crippen LogP contribution in [0.1, 0.15) is 33.1 Å². The van der Waals surface area contributed by atoms with E-state index in [0.29, 0.717) is 0 Å². The van der Waals surface area contributed by atoms with Gasteiger partial charge in [0.05, 0.1) is 12.1 Å². The second kappa shape index (κ2) is 6.51. The molecule has 96 valence electrons. The molecule has 1 aliphatic rings. The highest BCUT2D eigenvalue weighted by molar-refractivity contribution is 5.75. The Bertz CT molecular complexity index is 296. The van der Waals surface area contributed by atoms with E-state index in [0.717, 1.165) is 19.3 Å². The van der Waals surface area contributed by atoms with E-state index >= 15 is 0 Å². The van der Waals surface area contributed by atoms with Gasteiger partial charge in [-0.3, -0.25) is 0 Å². The number of methoxy groups -OCH3 is 1. The Morgan fingerprint density at radius 3 is 2.65 bits per heavy atom. The van der Waals surface area contributed by atoms with Crippen LogP contribution in [0.3, 0.4) is 0 Å². The molecule has 0 spiro atoms. The van der Waals surface area contributed by atoms with Crippen molar-refractivity contribution in [3.8, 4) is 12.3 Å². The maximum absolute atomic E-state index is 11.7. The monoisotopic (exact) mass is 238 g/mol. The quantitative estimate of drug-likeness (QED) is 0.729. The molecule has 1 aliphatic carbocycles. The average molecular weight is 238 g/mol. The van der Waals surface area contributed by atoms with E-state index in [1.807, 2.05) is 13.8 Å². The first-order valence-corrected chi connectivity index (χ1v) is 6.12. The zero-order valence-corrected chi connectivity index (χ0v) is 10.8. The number of ether oxygens (including phenoxy) is 1. The molecule has 3 atom stereocenters. The minimum absolute atomic E-state index is 0.177. The van der Waals surface area contributed by atoms with Crippen LogP contribution in [0.5, 0.6) is 0 Å². The van der Waals surface area contributed by atoms with E-state index in [1.54, 1.807) is 7.11 Å². The largest absolute Gasteiger partial charge is 0.381 e. The zero-order chi connectivity index (χ0) is 12.8. The Labute approximate surface area is 103 Å². The molecule has 2 amide bonds. The minimum atomic E-state index is -0.213. The minimum Gasteiger partial charge on any atom is -0.381 e. The van der Waals surface area contributed by atoms with Crippen LogP contribution in [0.4, 0.5) is 4.79 Å². The van der Waals surface area contributed by atoms with E-state index in [2.05, 4.69) is 16.6 Å². The molecule has 2 N–H and O–H groups in total. The number of hydrogen-bond donors (Lipinski definition) is 2.